The minimum absolute atomic E-state index is 0.0149. The number of hydrogen-bond donors (Lipinski definition) is 4. The van der Waals surface area contributed by atoms with Gasteiger partial charge in [0.25, 0.3) is 0 Å². The van der Waals surface area contributed by atoms with E-state index >= 15 is 0 Å². The number of ether oxygens (including phenoxy) is 1. The molecule has 0 radical (unpaired) electrons. The summed E-state index contributed by atoms with van der Waals surface area (Å²) in [5.74, 6) is -0.953. The summed E-state index contributed by atoms with van der Waals surface area (Å²) in [6.07, 6.45) is 7.86. The molecule has 132 valence electrons. The third-order valence-electron chi connectivity index (χ3n) is 4.04. The standard InChI is InChI=1S/C17H24N2O5/c1-2-3-4-5-6-7-13(21)19-11-10-17(23,9-8-12(18)20)16-15(24-16)14(11)22/h4-7,10,14-16,22-23H,2-3,8-9H2,1H3,(H2,18,20)(H,19,21)/b5-4+,7-6+/t14-,15+,16+,17-/m1/s1. The molecule has 24 heavy (non-hydrogen) atoms. The molecule has 0 aromatic heterocycles. The number of carbonyl (C=O) groups is 2. The molecule has 0 aromatic rings. The van der Waals surface area contributed by atoms with Gasteiger partial charge in [-0.15, -0.1) is 0 Å². The summed E-state index contributed by atoms with van der Waals surface area (Å²) in [5.41, 5.74) is 3.86. The van der Waals surface area contributed by atoms with Crippen LogP contribution in [0.25, 0.3) is 0 Å². The summed E-state index contributed by atoms with van der Waals surface area (Å²) in [6.45, 7) is 2.06. The number of primary amides is 1. The zero-order valence-electron chi connectivity index (χ0n) is 13.6. The smallest absolute Gasteiger partial charge is 0.248 e. The average Bonchev–Trinajstić information content (AvgIpc) is 3.32. The number of amides is 2. The van der Waals surface area contributed by atoms with E-state index in [1.54, 1.807) is 12.2 Å². The number of rotatable bonds is 8. The van der Waals surface area contributed by atoms with Gasteiger partial charge in [0, 0.05) is 18.2 Å². The lowest BCUT2D eigenvalue weighted by molar-refractivity contribution is -0.119. The fraction of sp³-hybridized carbons (Fsp3) is 0.529. The minimum Gasteiger partial charge on any atom is -0.384 e. The Bertz CT molecular complexity index is 584. The quantitative estimate of drug-likeness (QED) is 0.283. The van der Waals surface area contributed by atoms with Gasteiger partial charge < -0.3 is 26.0 Å². The number of hydrogen-bond acceptors (Lipinski definition) is 5. The molecule has 1 aliphatic heterocycles. The average molecular weight is 336 g/mol. The number of epoxide rings is 1. The molecule has 5 N–H and O–H groups in total. The van der Waals surface area contributed by atoms with E-state index in [9.17, 15) is 19.8 Å². The van der Waals surface area contributed by atoms with Crippen molar-refractivity contribution in [2.24, 2.45) is 5.73 Å². The van der Waals surface area contributed by atoms with E-state index in [-0.39, 0.29) is 18.5 Å². The zero-order chi connectivity index (χ0) is 17.7. The van der Waals surface area contributed by atoms with Crippen LogP contribution >= 0.6 is 0 Å². The number of unbranched alkanes of at least 4 members (excludes halogenated alkanes) is 1. The van der Waals surface area contributed by atoms with Crippen LogP contribution < -0.4 is 11.1 Å². The normalized spacial score (nSPS) is 31.8. The van der Waals surface area contributed by atoms with Crippen molar-refractivity contribution in [1.29, 1.82) is 0 Å². The molecule has 1 heterocycles. The van der Waals surface area contributed by atoms with Crippen molar-refractivity contribution in [3.05, 3.63) is 36.1 Å². The van der Waals surface area contributed by atoms with E-state index in [4.69, 9.17) is 10.5 Å². The lowest BCUT2D eigenvalue weighted by Gasteiger charge is -2.29. The lowest BCUT2D eigenvalue weighted by Crippen LogP contribution is -2.46. The highest BCUT2D eigenvalue weighted by Gasteiger charge is 2.60. The molecule has 0 saturated carbocycles. The Morgan fingerprint density at radius 1 is 1.46 bits per heavy atom. The molecule has 0 bridgehead atoms. The zero-order valence-corrected chi connectivity index (χ0v) is 13.6. The molecule has 2 rings (SSSR count). The Morgan fingerprint density at radius 3 is 2.88 bits per heavy atom. The maximum Gasteiger partial charge on any atom is 0.248 e. The van der Waals surface area contributed by atoms with Crippen LogP contribution in [0, 0.1) is 0 Å². The first-order valence-corrected chi connectivity index (χ1v) is 8.08. The van der Waals surface area contributed by atoms with Gasteiger partial charge in [0.2, 0.25) is 11.8 Å². The van der Waals surface area contributed by atoms with Crippen molar-refractivity contribution < 1.29 is 24.5 Å². The van der Waals surface area contributed by atoms with E-state index in [2.05, 4.69) is 12.2 Å². The Balaban J connectivity index is 2.00. The fourth-order valence-electron chi connectivity index (χ4n) is 2.70. The molecular weight excluding hydrogens is 312 g/mol. The number of aliphatic hydroxyl groups excluding tert-OH is 1. The Labute approximate surface area is 140 Å². The second kappa shape index (κ2) is 7.74. The molecule has 0 spiro atoms. The second-order valence-electron chi connectivity index (χ2n) is 6.09. The number of aliphatic hydroxyl groups is 2. The molecular formula is C17H24N2O5. The molecule has 7 nitrogen and oxygen atoms in total. The molecule has 2 amide bonds. The van der Waals surface area contributed by atoms with Crippen LogP contribution in [0.5, 0.6) is 0 Å². The molecule has 0 unspecified atom stereocenters. The number of nitrogens with two attached hydrogens (primary N) is 1. The van der Waals surface area contributed by atoms with Gasteiger partial charge in [0.05, 0.1) is 0 Å². The third kappa shape index (κ3) is 4.53. The Hall–Kier alpha value is -1.96. The number of nitrogens with one attached hydrogen (secondary N) is 1. The summed E-state index contributed by atoms with van der Waals surface area (Å²) in [4.78, 5) is 22.8. The van der Waals surface area contributed by atoms with Crippen LogP contribution in [-0.2, 0) is 14.3 Å². The van der Waals surface area contributed by atoms with Crippen LogP contribution in [0.1, 0.15) is 32.6 Å². The van der Waals surface area contributed by atoms with Crippen LogP contribution in [0.2, 0.25) is 0 Å². The maximum absolute atomic E-state index is 11.9. The van der Waals surface area contributed by atoms with Crippen molar-refractivity contribution in [2.75, 3.05) is 0 Å². The second-order valence-corrected chi connectivity index (χ2v) is 6.09. The predicted octanol–water partition coefficient (Wildman–Crippen LogP) is 0.0375. The van der Waals surface area contributed by atoms with E-state index < -0.39 is 35.7 Å². The minimum atomic E-state index is -1.42. The van der Waals surface area contributed by atoms with Crippen molar-refractivity contribution >= 4 is 11.8 Å². The molecule has 1 fully saturated rings. The van der Waals surface area contributed by atoms with Crippen LogP contribution in [0.4, 0.5) is 0 Å². The monoisotopic (exact) mass is 336 g/mol. The van der Waals surface area contributed by atoms with E-state index in [1.165, 1.54) is 12.2 Å². The largest absolute Gasteiger partial charge is 0.384 e. The Kier molecular flexibility index (Phi) is 5.93. The first-order valence-electron chi connectivity index (χ1n) is 8.08. The number of fused-ring (bicyclic) bond motifs is 1. The highest BCUT2D eigenvalue weighted by atomic mass is 16.6. The SMILES string of the molecule is CCC/C=C/C=C/C(=O)NC1=C[C@](O)(CCC(N)=O)[C@H]2O[C@H]2[C@@H]1O. The van der Waals surface area contributed by atoms with E-state index in [0.717, 1.165) is 12.8 Å². The van der Waals surface area contributed by atoms with Gasteiger partial charge in [0.15, 0.2) is 0 Å². The third-order valence-corrected chi connectivity index (χ3v) is 4.04. The van der Waals surface area contributed by atoms with Crippen LogP contribution in [0.3, 0.4) is 0 Å². The molecule has 1 saturated heterocycles. The number of carbonyl (C=O) groups excluding carboxylic acids is 2. The van der Waals surface area contributed by atoms with Crippen molar-refractivity contribution in [1.82, 2.24) is 5.32 Å². The summed E-state index contributed by atoms with van der Waals surface area (Å²) >= 11 is 0. The van der Waals surface area contributed by atoms with Gasteiger partial charge in [-0.2, -0.15) is 0 Å². The fourth-order valence-corrected chi connectivity index (χ4v) is 2.70. The van der Waals surface area contributed by atoms with Crippen LogP contribution in [0.15, 0.2) is 36.1 Å². The van der Waals surface area contributed by atoms with Crippen molar-refractivity contribution in [3.63, 3.8) is 0 Å². The molecule has 4 atom stereocenters. The lowest BCUT2D eigenvalue weighted by atomic mass is 9.84. The topological polar surface area (TPSA) is 125 Å². The van der Waals surface area contributed by atoms with Crippen molar-refractivity contribution in [3.8, 4) is 0 Å². The van der Waals surface area contributed by atoms with Gasteiger partial charge in [-0.1, -0.05) is 31.6 Å². The summed E-state index contributed by atoms with van der Waals surface area (Å²) < 4.78 is 5.29. The van der Waals surface area contributed by atoms with E-state index in [1.807, 2.05) is 6.08 Å². The molecule has 2 aliphatic rings. The van der Waals surface area contributed by atoms with Crippen LogP contribution in [-0.4, -0.2) is 45.9 Å². The predicted molar refractivity (Wildman–Crippen MR) is 87.5 cm³/mol. The summed E-state index contributed by atoms with van der Waals surface area (Å²) in [5, 5.41) is 23.3. The first-order chi connectivity index (χ1) is 11.4. The Morgan fingerprint density at radius 2 is 2.21 bits per heavy atom. The van der Waals surface area contributed by atoms with Gasteiger partial charge in [-0.3, -0.25) is 9.59 Å². The van der Waals surface area contributed by atoms with Gasteiger partial charge in [0.1, 0.15) is 23.9 Å². The summed E-state index contributed by atoms with van der Waals surface area (Å²) in [6, 6.07) is 0. The number of allylic oxidation sites excluding steroid dienone is 3. The maximum atomic E-state index is 11.9. The summed E-state index contributed by atoms with van der Waals surface area (Å²) in [7, 11) is 0. The van der Waals surface area contributed by atoms with E-state index in [0.29, 0.717) is 0 Å². The first kappa shape index (κ1) is 18.4. The van der Waals surface area contributed by atoms with Crippen molar-refractivity contribution in [2.45, 2.75) is 56.5 Å². The highest BCUT2D eigenvalue weighted by Crippen LogP contribution is 2.44. The van der Waals surface area contributed by atoms with Gasteiger partial charge in [-0.05, 0) is 18.9 Å². The van der Waals surface area contributed by atoms with Gasteiger partial charge in [-0.25, -0.2) is 0 Å². The molecule has 0 aromatic carbocycles. The van der Waals surface area contributed by atoms with Gasteiger partial charge >= 0.3 is 0 Å². The molecule has 1 aliphatic carbocycles. The molecule has 7 heteroatoms. The highest BCUT2D eigenvalue weighted by molar-refractivity contribution is 5.89.